The molecule has 0 aliphatic heterocycles. The number of carbonyl (C=O) groups excluding carboxylic acids is 2. The minimum absolute atomic E-state index is 0.0711. The highest BCUT2D eigenvalue weighted by atomic mass is 31.2. The third-order valence-corrected chi connectivity index (χ3v) is 9.48. The van der Waals surface area contributed by atoms with E-state index in [1.54, 1.807) is 0 Å². The Morgan fingerprint density at radius 1 is 0.579 bits per heavy atom. The Morgan fingerprint density at radius 3 is 1.58 bits per heavy atom. The van der Waals surface area contributed by atoms with E-state index < -0.39 is 70.6 Å². The van der Waals surface area contributed by atoms with Crippen LogP contribution in [0.4, 0.5) is 0 Å². The van der Waals surface area contributed by atoms with Gasteiger partial charge in [0.1, 0.15) is 12.7 Å². The number of ether oxygens (including phenoxy) is 2. The molecule has 0 aromatic carbocycles. The second-order valence-electron chi connectivity index (χ2n) is 14.0. The average Bonchev–Trinajstić information content (AvgIpc) is 3.19. The zero-order valence-electron chi connectivity index (χ0n) is 34.7. The molecule has 0 bridgehead atoms. The van der Waals surface area contributed by atoms with Gasteiger partial charge in [-0.1, -0.05) is 112 Å². The first-order valence-corrected chi connectivity index (χ1v) is 22.6. The molecule has 328 valence electrons. The summed E-state index contributed by atoms with van der Waals surface area (Å²) in [5, 5.41) is 39.0. The second kappa shape index (κ2) is 38.8. The third-order valence-electron chi connectivity index (χ3n) is 8.53. The number of hydrogen-bond donors (Lipinski definition) is 5. The summed E-state index contributed by atoms with van der Waals surface area (Å²) in [4.78, 5) is 35.0. The van der Waals surface area contributed by atoms with E-state index in [4.69, 9.17) is 19.1 Å². The molecule has 5 atom stereocenters. The topological polar surface area (TPSA) is 189 Å². The van der Waals surface area contributed by atoms with Crippen LogP contribution >= 0.6 is 7.82 Å². The first-order chi connectivity index (χ1) is 27.5. The molecule has 0 aliphatic rings. The van der Waals surface area contributed by atoms with Crippen molar-refractivity contribution in [3.05, 3.63) is 72.9 Å². The van der Waals surface area contributed by atoms with Gasteiger partial charge in [-0.3, -0.25) is 18.6 Å². The molecule has 0 aromatic rings. The number of aliphatic hydroxyl groups is 4. The highest BCUT2D eigenvalue weighted by Gasteiger charge is 2.27. The number of hydrogen-bond acceptors (Lipinski definition) is 11. The number of rotatable bonds is 38. The van der Waals surface area contributed by atoms with Gasteiger partial charge in [-0.05, 0) is 89.9 Å². The number of esters is 2. The van der Waals surface area contributed by atoms with E-state index in [1.807, 2.05) is 12.2 Å². The molecular formula is C44H75O12P. The quantitative estimate of drug-likeness (QED) is 0.0172. The van der Waals surface area contributed by atoms with Gasteiger partial charge in [0.15, 0.2) is 6.10 Å². The van der Waals surface area contributed by atoms with E-state index in [-0.39, 0.29) is 32.1 Å². The fraction of sp³-hybridized carbons (Fsp3) is 0.682. The monoisotopic (exact) mass is 826 g/mol. The highest BCUT2D eigenvalue weighted by Crippen LogP contribution is 2.43. The summed E-state index contributed by atoms with van der Waals surface area (Å²) < 4.78 is 32.4. The molecule has 13 heteroatoms. The summed E-state index contributed by atoms with van der Waals surface area (Å²) in [5.74, 6) is -1.26. The van der Waals surface area contributed by atoms with Gasteiger partial charge in [0.25, 0.3) is 0 Å². The first-order valence-electron chi connectivity index (χ1n) is 21.1. The van der Waals surface area contributed by atoms with Crippen molar-refractivity contribution in [3.8, 4) is 0 Å². The predicted molar refractivity (Wildman–Crippen MR) is 226 cm³/mol. The standard InChI is InChI=1S/C44H75O12P/c1-3-5-7-9-11-13-15-17-18-19-21-23-25-27-29-33-44(50)56-40(38-55-57(51,52)54-36-39(46)35-45)37-53-43(49)34-30-32-42(48)41(47)31-28-26-24-22-20-16-14-12-10-8-6-4-2/h11-14,17-18,20-23,26,28,39-42,45-48H,3-10,15-16,19,24-25,27,29-38H2,1-2H3,(H,51,52)/b13-11-,14-12-,18-17-,22-20-,23-21-,28-26-/t39-,40+,41?,42?/m0/s1. The minimum atomic E-state index is -4.70. The van der Waals surface area contributed by atoms with Gasteiger partial charge in [-0.15, -0.1) is 0 Å². The molecule has 0 heterocycles. The van der Waals surface area contributed by atoms with Crippen LogP contribution in [0.25, 0.3) is 0 Å². The van der Waals surface area contributed by atoms with E-state index >= 15 is 0 Å². The summed E-state index contributed by atoms with van der Waals surface area (Å²) in [7, 11) is -4.70. The van der Waals surface area contributed by atoms with Crippen LogP contribution in [0.3, 0.4) is 0 Å². The van der Waals surface area contributed by atoms with Gasteiger partial charge >= 0.3 is 19.8 Å². The van der Waals surface area contributed by atoms with Crippen molar-refractivity contribution in [3.63, 3.8) is 0 Å². The molecule has 3 unspecified atom stereocenters. The maximum absolute atomic E-state index is 12.6. The van der Waals surface area contributed by atoms with Crippen molar-refractivity contribution in [1.29, 1.82) is 0 Å². The van der Waals surface area contributed by atoms with E-state index in [1.165, 1.54) is 38.5 Å². The molecule has 0 amide bonds. The van der Waals surface area contributed by atoms with Crippen LogP contribution < -0.4 is 0 Å². The number of phosphoric ester groups is 1. The summed E-state index contributed by atoms with van der Waals surface area (Å²) in [6.07, 6.45) is 36.1. The highest BCUT2D eigenvalue weighted by molar-refractivity contribution is 7.47. The van der Waals surface area contributed by atoms with Crippen LogP contribution in [0.1, 0.15) is 142 Å². The summed E-state index contributed by atoms with van der Waals surface area (Å²) in [5.41, 5.74) is 0. The Balaban J connectivity index is 4.64. The molecule has 57 heavy (non-hydrogen) atoms. The molecule has 0 saturated heterocycles. The van der Waals surface area contributed by atoms with Gasteiger partial charge in [-0.25, -0.2) is 4.57 Å². The number of carbonyl (C=O) groups is 2. The molecule has 0 radical (unpaired) electrons. The van der Waals surface area contributed by atoms with Crippen LogP contribution in [0, 0.1) is 0 Å². The van der Waals surface area contributed by atoms with E-state index in [0.29, 0.717) is 6.42 Å². The van der Waals surface area contributed by atoms with Crippen LogP contribution in [-0.4, -0.2) is 88.1 Å². The van der Waals surface area contributed by atoms with Crippen molar-refractivity contribution < 1.29 is 58.0 Å². The van der Waals surface area contributed by atoms with Crippen molar-refractivity contribution in [1.82, 2.24) is 0 Å². The van der Waals surface area contributed by atoms with Gasteiger partial charge in [0, 0.05) is 12.8 Å². The maximum atomic E-state index is 12.6. The Morgan fingerprint density at radius 2 is 1.05 bits per heavy atom. The van der Waals surface area contributed by atoms with Crippen LogP contribution in [0.5, 0.6) is 0 Å². The number of phosphoric acid groups is 1. The van der Waals surface area contributed by atoms with Gasteiger partial charge in [0.05, 0.1) is 32.0 Å². The molecule has 0 aromatic heterocycles. The van der Waals surface area contributed by atoms with Crippen molar-refractivity contribution >= 4 is 19.8 Å². The fourth-order valence-electron chi connectivity index (χ4n) is 5.10. The normalized spacial score (nSPS) is 15.7. The lowest BCUT2D eigenvalue weighted by Gasteiger charge is -2.20. The molecule has 0 spiro atoms. The molecule has 0 saturated carbocycles. The predicted octanol–water partition coefficient (Wildman–Crippen LogP) is 8.83. The van der Waals surface area contributed by atoms with E-state index in [9.17, 15) is 34.4 Å². The number of aliphatic hydroxyl groups excluding tert-OH is 4. The van der Waals surface area contributed by atoms with E-state index in [2.05, 4.69) is 79.1 Å². The van der Waals surface area contributed by atoms with E-state index in [0.717, 1.165) is 51.4 Å². The Bertz CT molecular complexity index is 1210. The van der Waals surface area contributed by atoms with Crippen molar-refractivity contribution in [2.75, 3.05) is 26.4 Å². The number of unbranched alkanes of at least 4 members (excludes halogenated alkanes) is 8. The average molecular weight is 827 g/mol. The molecule has 0 aliphatic carbocycles. The Labute approximate surface area is 343 Å². The first kappa shape index (κ1) is 54.3. The minimum Gasteiger partial charge on any atom is -0.462 e. The second-order valence-corrected chi connectivity index (χ2v) is 15.4. The largest absolute Gasteiger partial charge is 0.472 e. The molecule has 12 nitrogen and oxygen atoms in total. The summed E-state index contributed by atoms with van der Waals surface area (Å²) in [6, 6.07) is 0. The molecule has 0 fully saturated rings. The third kappa shape index (κ3) is 37.4. The van der Waals surface area contributed by atoms with Crippen LogP contribution in [0.2, 0.25) is 0 Å². The van der Waals surface area contributed by atoms with Crippen molar-refractivity contribution in [2.24, 2.45) is 0 Å². The zero-order chi connectivity index (χ0) is 42.2. The SMILES string of the molecule is CCCCC/C=C\C/C=C\C/C=C\CCCCC(=O)O[C@H](COC(=O)CCCC(O)C(O)C/C=C\C/C=C\C/C=C\CCCCC)COP(=O)(O)OC[C@@H](O)CO. The molecular weight excluding hydrogens is 751 g/mol. The number of allylic oxidation sites excluding steroid dienone is 11. The fourth-order valence-corrected chi connectivity index (χ4v) is 5.89. The lowest BCUT2D eigenvalue weighted by molar-refractivity contribution is -0.161. The summed E-state index contributed by atoms with van der Waals surface area (Å²) in [6.45, 7) is 1.92. The van der Waals surface area contributed by atoms with Crippen molar-refractivity contribution in [2.45, 2.75) is 167 Å². The molecule has 0 rings (SSSR count). The lowest BCUT2D eigenvalue weighted by atomic mass is 10.0. The lowest BCUT2D eigenvalue weighted by Crippen LogP contribution is -2.30. The zero-order valence-corrected chi connectivity index (χ0v) is 35.6. The van der Waals surface area contributed by atoms with Crippen LogP contribution in [0.15, 0.2) is 72.9 Å². The Hall–Kier alpha value is -2.67. The van der Waals surface area contributed by atoms with Crippen LogP contribution in [-0.2, 0) is 32.7 Å². The maximum Gasteiger partial charge on any atom is 0.472 e. The smallest absolute Gasteiger partial charge is 0.462 e. The Kier molecular flexibility index (Phi) is 37.0. The summed E-state index contributed by atoms with van der Waals surface area (Å²) >= 11 is 0. The van der Waals surface area contributed by atoms with Gasteiger partial charge in [-0.2, -0.15) is 0 Å². The van der Waals surface area contributed by atoms with Gasteiger partial charge in [0.2, 0.25) is 0 Å². The molecule has 5 N–H and O–H groups in total. The van der Waals surface area contributed by atoms with Gasteiger partial charge < -0.3 is 34.8 Å².